The molecule has 0 aliphatic carbocycles. The lowest BCUT2D eigenvalue weighted by molar-refractivity contribution is 0.583. The summed E-state index contributed by atoms with van der Waals surface area (Å²) in [5.74, 6) is 1.11. The smallest absolute Gasteiger partial charge is 0.224 e. The second kappa shape index (κ2) is 4.82. The molecule has 0 aromatic carbocycles. The van der Waals surface area contributed by atoms with Gasteiger partial charge in [0, 0.05) is 19.3 Å². The van der Waals surface area contributed by atoms with Gasteiger partial charge < -0.3 is 5.32 Å². The normalized spacial score (nSPS) is 13.8. The monoisotopic (exact) mass is 246 g/mol. The summed E-state index contributed by atoms with van der Waals surface area (Å²) in [7, 11) is -3.14. The van der Waals surface area contributed by atoms with Crippen LogP contribution < -0.4 is 5.32 Å². The van der Waals surface area contributed by atoms with Gasteiger partial charge >= 0.3 is 0 Å². The predicted molar refractivity (Wildman–Crippen MR) is 63.1 cm³/mol. The maximum atomic E-state index is 11.5. The summed E-state index contributed by atoms with van der Waals surface area (Å²) in [6.45, 7) is 6.88. The van der Waals surface area contributed by atoms with E-state index in [1.165, 1.54) is 6.26 Å². The number of rotatable bonds is 5. The van der Waals surface area contributed by atoms with Crippen molar-refractivity contribution in [3.8, 4) is 0 Å². The minimum absolute atomic E-state index is 0.487. The molecule has 0 aliphatic heterocycles. The van der Waals surface area contributed by atoms with Crippen LogP contribution in [-0.4, -0.2) is 36.0 Å². The maximum absolute atomic E-state index is 11.5. The molecule has 0 amide bonds. The fourth-order valence-corrected chi connectivity index (χ4v) is 1.97. The fraction of sp³-hybridized carbons (Fsp3) is 0.778. The van der Waals surface area contributed by atoms with Crippen molar-refractivity contribution in [2.45, 2.75) is 32.6 Å². The zero-order chi connectivity index (χ0) is 12.3. The van der Waals surface area contributed by atoms with Gasteiger partial charge in [-0.25, -0.2) is 8.42 Å². The van der Waals surface area contributed by atoms with Crippen LogP contribution in [0.3, 0.4) is 0 Å². The van der Waals surface area contributed by atoms with E-state index in [-0.39, 0.29) is 0 Å². The van der Waals surface area contributed by atoms with Crippen molar-refractivity contribution < 1.29 is 8.42 Å². The number of nitrogens with one attached hydrogen (secondary N) is 1. The third-order valence-electron chi connectivity index (χ3n) is 2.44. The molecular formula is C9H18N4O2S. The first-order valence-corrected chi connectivity index (χ1v) is 7.23. The van der Waals surface area contributed by atoms with Crippen LogP contribution in [0.5, 0.6) is 0 Å². The van der Waals surface area contributed by atoms with Crippen molar-refractivity contribution in [2.24, 2.45) is 0 Å². The molecule has 0 radical (unpaired) electrons. The molecule has 0 spiro atoms. The first kappa shape index (κ1) is 13.0. The Balaban J connectivity index is 3.15. The van der Waals surface area contributed by atoms with Crippen molar-refractivity contribution in [3.05, 3.63) is 5.82 Å². The number of sulfone groups is 1. The summed E-state index contributed by atoms with van der Waals surface area (Å²) in [6.07, 6.45) is 1.21. The molecule has 1 rings (SSSR count). The molecule has 92 valence electrons. The van der Waals surface area contributed by atoms with Gasteiger partial charge in [-0.1, -0.05) is 0 Å². The Labute approximate surface area is 96.0 Å². The van der Waals surface area contributed by atoms with Crippen LogP contribution in [0.2, 0.25) is 0 Å². The standard InChI is InChI=1S/C9H18N4O2S/c1-5-10-9-12-11-8(13(9)6-2)7(3)16(4,14)15/h7H,5-6H2,1-4H3,(H,10,12). The highest BCUT2D eigenvalue weighted by molar-refractivity contribution is 7.90. The fourth-order valence-electron chi connectivity index (χ4n) is 1.41. The molecule has 6 nitrogen and oxygen atoms in total. The molecule has 1 aromatic heterocycles. The Kier molecular flexibility index (Phi) is 3.90. The van der Waals surface area contributed by atoms with E-state index < -0.39 is 15.1 Å². The molecule has 0 saturated carbocycles. The van der Waals surface area contributed by atoms with E-state index in [0.29, 0.717) is 18.3 Å². The Morgan fingerprint density at radius 1 is 1.38 bits per heavy atom. The lowest BCUT2D eigenvalue weighted by atomic mass is 10.4. The van der Waals surface area contributed by atoms with E-state index in [0.717, 1.165) is 6.54 Å². The molecule has 1 heterocycles. The maximum Gasteiger partial charge on any atom is 0.224 e. The second-order valence-electron chi connectivity index (χ2n) is 3.63. The molecule has 1 unspecified atom stereocenters. The van der Waals surface area contributed by atoms with E-state index in [1.807, 2.05) is 13.8 Å². The van der Waals surface area contributed by atoms with Crippen molar-refractivity contribution >= 4 is 15.8 Å². The van der Waals surface area contributed by atoms with Crippen LogP contribution in [0.1, 0.15) is 31.8 Å². The van der Waals surface area contributed by atoms with Crippen LogP contribution >= 0.6 is 0 Å². The van der Waals surface area contributed by atoms with Gasteiger partial charge in [-0.05, 0) is 20.8 Å². The largest absolute Gasteiger partial charge is 0.355 e. The average molecular weight is 246 g/mol. The van der Waals surface area contributed by atoms with Crippen LogP contribution in [0.25, 0.3) is 0 Å². The Hall–Kier alpha value is -1.11. The van der Waals surface area contributed by atoms with E-state index in [2.05, 4.69) is 15.5 Å². The first-order valence-electron chi connectivity index (χ1n) is 5.27. The summed E-state index contributed by atoms with van der Waals surface area (Å²) >= 11 is 0. The van der Waals surface area contributed by atoms with Crippen molar-refractivity contribution in [2.75, 3.05) is 18.1 Å². The highest BCUT2D eigenvalue weighted by Gasteiger charge is 2.24. The van der Waals surface area contributed by atoms with Crippen molar-refractivity contribution in [1.82, 2.24) is 14.8 Å². The highest BCUT2D eigenvalue weighted by atomic mass is 32.2. The van der Waals surface area contributed by atoms with Crippen molar-refractivity contribution in [1.29, 1.82) is 0 Å². The zero-order valence-corrected chi connectivity index (χ0v) is 10.9. The lowest BCUT2D eigenvalue weighted by Gasteiger charge is -2.11. The zero-order valence-electron chi connectivity index (χ0n) is 10.1. The number of hydrogen-bond acceptors (Lipinski definition) is 5. The molecule has 7 heteroatoms. The summed E-state index contributed by atoms with van der Waals surface area (Å²) < 4.78 is 24.7. The van der Waals surface area contributed by atoms with Gasteiger partial charge in [-0.15, -0.1) is 10.2 Å². The molecule has 0 aliphatic rings. The Morgan fingerprint density at radius 2 is 2.00 bits per heavy atom. The summed E-state index contributed by atoms with van der Waals surface area (Å²) in [4.78, 5) is 0. The number of aromatic nitrogens is 3. The number of anilines is 1. The van der Waals surface area contributed by atoms with Crippen LogP contribution in [-0.2, 0) is 16.4 Å². The van der Waals surface area contributed by atoms with Gasteiger partial charge in [0.05, 0.1) is 0 Å². The van der Waals surface area contributed by atoms with Gasteiger partial charge in [0.2, 0.25) is 5.95 Å². The number of hydrogen-bond donors (Lipinski definition) is 1. The second-order valence-corrected chi connectivity index (χ2v) is 5.99. The summed E-state index contributed by atoms with van der Waals surface area (Å²) in [6, 6.07) is 0. The Morgan fingerprint density at radius 3 is 2.44 bits per heavy atom. The van der Waals surface area contributed by atoms with E-state index in [9.17, 15) is 8.42 Å². The summed E-state index contributed by atoms with van der Waals surface area (Å²) in [5, 5.41) is 10.3. The van der Waals surface area contributed by atoms with Crippen LogP contribution in [0.15, 0.2) is 0 Å². The molecule has 16 heavy (non-hydrogen) atoms. The minimum atomic E-state index is -3.14. The van der Waals surface area contributed by atoms with Gasteiger partial charge in [0.15, 0.2) is 15.7 Å². The van der Waals surface area contributed by atoms with Crippen LogP contribution in [0.4, 0.5) is 5.95 Å². The third-order valence-corrected chi connectivity index (χ3v) is 3.93. The van der Waals surface area contributed by atoms with Gasteiger partial charge in [-0.3, -0.25) is 4.57 Å². The van der Waals surface area contributed by atoms with E-state index in [4.69, 9.17) is 0 Å². The van der Waals surface area contributed by atoms with Gasteiger partial charge in [0.1, 0.15) is 5.25 Å². The minimum Gasteiger partial charge on any atom is -0.355 e. The van der Waals surface area contributed by atoms with E-state index >= 15 is 0 Å². The number of nitrogens with zero attached hydrogens (tertiary/aromatic N) is 3. The molecular weight excluding hydrogens is 228 g/mol. The molecule has 1 aromatic rings. The third kappa shape index (κ3) is 2.52. The SMILES string of the molecule is CCNc1nnc(C(C)S(C)(=O)=O)n1CC. The molecule has 0 saturated heterocycles. The molecule has 1 atom stereocenters. The molecule has 0 bridgehead atoms. The molecule has 0 fully saturated rings. The Bertz CT molecular complexity index is 452. The highest BCUT2D eigenvalue weighted by Crippen LogP contribution is 2.21. The average Bonchev–Trinajstić information content (AvgIpc) is 2.58. The first-order chi connectivity index (χ1) is 7.41. The topological polar surface area (TPSA) is 76.9 Å². The van der Waals surface area contributed by atoms with Crippen molar-refractivity contribution in [3.63, 3.8) is 0 Å². The molecule has 1 N–H and O–H groups in total. The van der Waals surface area contributed by atoms with Crippen LogP contribution in [0, 0.1) is 0 Å². The summed E-state index contributed by atoms with van der Waals surface area (Å²) in [5.41, 5.74) is 0. The quantitative estimate of drug-likeness (QED) is 0.833. The van der Waals surface area contributed by atoms with E-state index in [1.54, 1.807) is 11.5 Å². The lowest BCUT2D eigenvalue weighted by Crippen LogP contribution is -2.15. The predicted octanol–water partition coefficient (Wildman–Crippen LogP) is 0.835. The van der Waals surface area contributed by atoms with Gasteiger partial charge in [0.25, 0.3) is 0 Å². The van der Waals surface area contributed by atoms with Gasteiger partial charge in [-0.2, -0.15) is 0 Å².